The summed E-state index contributed by atoms with van der Waals surface area (Å²) in [6, 6.07) is 7.46. The van der Waals surface area contributed by atoms with Crippen molar-refractivity contribution < 1.29 is 14.6 Å². The number of carbonyl (C=O) groups is 1. The van der Waals surface area contributed by atoms with Crippen LogP contribution in [-0.4, -0.2) is 33.4 Å². The van der Waals surface area contributed by atoms with Crippen LogP contribution in [0.3, 0.4) is 0 Å². The summed E-state index contributed by atoms with van der Waals surface area (Å²) in [7, 11) is 1.61. The molecule has 0 fully saturated rings. The van der Waals surface area contributed by atoms with Gasteiger partial charge in [-0.3, -0.25) is 9.89 Å². The van der Waals surface area contributed by atoms with E-state index in [9.17, 15) is 4.79 Å². The average Bonchev–Trinajstić information content (AvgIpc) is 2.84. The van der Waals surface area contributed by atoms with Gasteiger partial charge >= 0.3 is 5.97 Å². The number of ether oxygens (including phenoxy) is 1. The van der Waals surface area contributed by atoms with Crippen molar-refractivity contribution in [3.8, 4) is 5.75 Å². The minimum Gasteiger partial charge on any atom is -0.497 e. The number of aromatic amines is 1. The molecule has 19 heavy (non-hydrogen) atoms. The highest BCUT2D eigenvalue weighted by atomic mass is 16.5. The van der Waals surface area contributed by atoms with Gasteiger partial charge in [0.1, 0.15) is 18.0 Å². The monoisotopic (exact) mass is 262 g/mol. The molecule has 0 aliphatic heterocycles. The smallest absolute Gasteiger partial charge is 0.311 e. The van der Waals surface area contributed by atoms with Crippen molar-refractivity contribution in [1.29, 1.82) is 0 Å². The van der Waals surface area contributed by atoms with E-state index in [-0.39, 0.29) is 12.2 Å². The molecule has 0 unspecified atom stereocenters. The number of nitrogens with one attached hydrogen (secondary N) is 2. The summed E-state index contributed by atoms with van der Waals surface area (Å²) >= 11 is 0. The van der Waals surface area contributed by atoms with Crippen molar-refractivity contribution in [1.82, 2.24) is 15.2 Å². The van der Waals surface area contributed by atoms with Gasteiger partial charge in [-0.05, 0) is 24.3 Å². The van der Waals surface area contributed by atoms with Crippen LogP contribution >= 0.6 is 0 Å². The fraction of sp³-hybridized carbons (Fsp3) is 0.250. The fourth-order valence-corrected chi connectivity index (χ4v) is 1.52. The third-order valence-electron chi connectivity index (χ3n) is 2.44. The average molecular weight is 262 g/mol. The maximum Gasteiger partial charge on any atom is 0.311 e. The van der Waals surface area contributed by atoms with Gasteiger partial charge in [-0.25, -0.2) is 4.98 Å². The topological polar surface area (TPSA) is 100 Å². The zero-order valence-electron chi connectivity index (χ0n) is 10.4. The maximum atomic E-state index is 10.5. The van der Waals surface area contributed by atoms with Gasteiger partial charge in [-0.2, -0.15) is 5.10 Å². The molecule has 2 aromatic rings. The minimum absolute atomic E-state index is 0.182. The van der Waals surface area contributed by atoms with Crippen LogP contribution in [0.15, 0.2) is 24.3 Å². The molecule has 0 atom stereocenters. The van der Waals surface area contributed by atoms with Crippen LogP contribution < -0.4 is 10.1 Å². The Morgan fingerprint density at radius 3 is 2.79 bits per heavy atom. The molecule has 7 nitrogen and oxygen atoms in total. The second-order valence-corrected chi connectivity index (χ2v) is 3.85. The normalized spacial score (nSPS) is 10.2. The highest BCUT2D eigenvalue weighted by Crippen LogP contribution is 2.15. The predicted molar refractivity (Wildman–Crippen MR) is 68.0 cm³/mol. The van der Waals surface area contributed by atoms with Crippen LogP contribution in [0.4, 0.5) is 5.69 Å². The van der Waals surface area contributed by atoms with E-state index in [0.717, 1.165) is 11.4 Å². The van der Waals surface area contributed by atoms with Gasteiger partial charge in [-0.1, -0.05) is 0 Å². The summed E-state index contributed by atoms with van der Waals surface area (Å²) in [5, 5.41) is 18.3. The molecule has 100 valence electrons. The molecule has 0 bridgehead atoms. The van der Waals surface area contributed by atoms with Crippen LogP contribution in [0.5, 0.6) is 5.75 Å². The summed E-state index contributed by atoms with van der Waals surface area (Å²) in [5.74, 6) is 0.703. The Kier molecular flexibility index (Phi) is 3.97. The zero-order valence-corrected chi connectivity index (χ0v) is 10.4. The molecule has 0 saturated heterocycles. The molecule has 0 spiro atoms. The number of methoxy groups -OCH3 is 1. The van der Waals surface area contributed by atoms with Gasteiger partial charge in [-0.15, -0.1) is 0 Å². The Hall–Kier alpha value is -2.57. The number of nitrogens with zero attached hydrogens (tertiary/aromatic N) is 2. The van der Waals surface area contributed by atoms with E-state index in [1.807, 2.05) is 24.3 Å². The van der Waals surface area contributed by atoms with E-state index in [0.29, 0.717) is 12.4 Å². The first-order valence-electron chi connectivity index (χ1n) is 5.67. The molecule has 1 aromatic heterocycles. The van der Waals surface area contributed by atoms with Gasteiger partial charge in [0.15, 0.2) is 5.82 Å². The maximum absolute atomic E-state index is 10.5. The van der Waals surface area contributed by atoms with Crippen LogP contribution in [-0.2, 0) is 17.8 Å². The number of carboxylic acid groups (broad SMARTS) is 1. The lowest BCUT2D eigenvalue weighted by Gasteiger charge is -2.05. The predicted octanol–water partition coefficient (Wildman–Crippen LogP) is 1.05. The summed E-state index contributed by atoms with van der Waals surface area (Å²) in [5.41, 5.74) is 0.914. The van der Waals surface area contributed by atoms with Crippen LogP contribution in [0.25, 0.3) is 0 Å². The Morgan fingerprint density at radius 1 is 1.42 bits per heavy atom. The molecule has 0 amide bonds. The lowest BCUT2D eigenvalue weighted by atomic mass is 10.3. The zero-order chi connectivity index (χ0) is 13.7. The Bertz CT molecular complexity index is 550. The molecular formula is C12H14N4O3. The van der Waals surface area contributed by atoms with Crippen molar-refractivity contribution in [2.75, 3.05) is 12.4 Å². The van der Waals surface area contributed by atoms with Crippen LogP contribution in [0.2, 0.25) is 0 Å². The van der Waals surface area contributed by atoms with E-state index in [1.165, 1.54) is 0 Å². The number of benzene rings is 1. The number of aromatic nitrogens is 3. The third-order valence-corrected chi connectivity index (χ3v) is 2.44. The summed E-state index contributed by atoms with van der Waals surface area (Å²) in [6.45, 7) is 0.443. The fourth-order valence-electron chi connectivity index (χ4n) is 1.52. The van der Waals surface area contributed by atoms with Crippen molar-refractivity contribution >= 4 is 11.7 Å². The summed E-state index contributed by atoms with van der Waals surface area (Å²) < 4.78 is 5.06. The first-order valence-corrected chi connectivity index (χ1v) is 5.67. The van der Waals surface area contributed by atoms with Crippen molar-refractivity contribution in [3.05, 3.63) is 35.9 Å². The van der Waals surface area contributed by atoms with E-state index < -0.39 is 5.97 Å². The number of hydrogen-bond acceptors (Lipinski definition) is 5. The van der Waals surface area contributed by atoms with Gasteiger partial charge in [0.25, 0.3) is 0 Å². The number of rotatable bonds is 6. The number of aliphatic carboxylic acids is 1. The highest BCUT2D eigenvalue weighted by molar-refractivity contribution is 5.68. The van der Waals surface area contributed by atoms with E-state index in [2.05, 4.69) is 20.5 Å². The molecular weight excluding hydrogens is 248 g/mol. The van der Waals surface area contributed by atoms with Gasteiger partial charge in [0.05, 0.1) is 13.7 Å². The standard InChI is InChI=1S/C12H14N4O3/c1-19-9-4-2-8(3-5-9)13-7-11-14-10(15-16-11)6-12(17)18/h2-5,13H,6-7H2,1H3,(H,17,18)(H,14,15,16). The molecule has 0 saturated carbocycles. The quantitative estimate of drug-likeness (QED) is 0.719. The lowest BCUT2D eigenvalue weighted by molar-refractivity contribution is -0.136. The molecule has 0 aliphatic carbocycles. The SMILES string of the molecule is COc1ccc(NCc2nc(CC(=O)O)n[nH]2)cc1. The summed E-state index contributed by atoms with van der Waals surface area (Å²) in [4.78, 5) is 14.6. The largest absolute Gasteiger partial charge is 0.497 e. The highest BCUT2D eigenvalue weighted by Gasteiger charge is 2.07. The molecule has 1 heterocycles. The number of carboxylic acids is 1. The molecule has 7 heteroatoms. The van der Waals surface area contributed by atoms with Gasteiger partial charge in [0, 0.05) is 5.69 Å². The van der Waals surface area contributed by atoms with Gasteiger partial charge in [0.2, 0.25) is 0 Å². The minimum atomic E-state index is -0.950. The first-order chi connectivity index (χ1) is 9.17. The van der Waals surface area contributed by atoms with E-state index >= 15 is 0 Å². The number of hydrogen-bond donors (Lipinski definition) is 3. The number of H-pyrrole nitrogens is 1. The number of anilines is 1. The van der Waals surface area contributed by atoms with E-state index in [4.69, 9.17) is 9.84 Å². The second kappa shape index (κ2) is 5.85. The second-order valence-electron chi connectivity index (χ2n) is 3.85. The van der Waals surface area contributed by atoms with Crippen LogP contribution in [0, 0.1) is 0 Å². The molecule has 0 aliphatic rings. The molecule has 2 rings (SSSR count). The van der Waals surface area contributed by atoms with Crippen molar-refractivity contribution in [2.24, 2.45) is 0 Å². The van der Waals surface area contributed by atoms with Crippen LogP contribution in [0.1, 0.15) is 11.6 Å². The van der Waals surface area contributed by atoms with Crippen molar-refractivity contribution in [3.63, 3.8) is 0 Å². The summed E-state index contributed by atoms with van der Waals surface area (Å²) in [6.07, 6.45) is -0.182. The molecule has 3 N–H and O–H groups in total. The lowest BCUT2D eigenvalue weighted by Crippen LogP contribution is -2.03. The van der Waals surface area contributed by atoms with E-state index in [1.54, 1.807) is 7.11 Å². The Morgan fingerprint density at radius 2 is 2.16 bits per heavy atom. The Labute approximate surface area is 109 Å². The molecule has 0 radical (unpaired) electrons. The molecule has 1 aromatic carbocycles. The third kappa shape index (κ3) is 3.70. The van der Waals surface area contributed by atoms with Gasteiger partial charge < -0.3 is 15.2 Å². The Balaban J connectivity index is 1.90. The first kappa shape index (κ1) is 12.9. The van der Waals surface area contributed by atoms with Crippen molar-refractivity contribution in [2.45, 2.75) is 13.0 Å².